The average molecular weight is 258 g/mol. The molecular weight excluding hydrogens is 246 g/mol. The van der Waals surface area contributed by atoms with E-state index in [9.17, 15) is 9.59 Å². The number of hydrogen-bond acceptors (Lipinski definition) is 4. The standard InChI is InChI=1S/C9H12ClN5O2/c1-13-7-5(8(16)14(2)9(13)17)6(11)15(12-7)4-3-10/h3-4,11H2,1-2H3. The molecular formula is C9H12ClN5O2. The van der Waals surface area contributed by atoms with Crippen LogP contribution in [-0.2, 0) is 20.6 Å². The molecule has 0 saturated heterocycles. The summed E-state index contributed by atoms with van der Waals surface area (Å²) in [6.45, 7) is 0.388. The maximum absolute atomic E-state index is 11.9. The molecule has 0 aliphatic carbocycles. The molecule has 2 N–H and O–H groups in total. The summed E-state index contributed by atoms with van der Waals surface area (Å²) in [6, 6.07) is 0. The van der Waals surface area contributed by atoms with Gasteiger partial charge >= 0.3 is 5.69 Å². The second-order valence-electron chi connectivity index (χ2n) is 3.70. The Morgan fingerprint density at radius 2 is 1.94 bits per heavy atom. The molecule has 0 spiro atoms. The lowest BCUT2D eigenvalue weighted by molar-refractivity contribution is 0.664. The molecule has 2 aromatic rings. The Kier molecular flexibility index (Phi) is 2.70. The van der Waals surface area contributed by atoms with Crippen LogP contribution in [0, 0.1) is 0 Å². The molecule has 2 heterocycles. The van der Waals surface area contributed by atoms with E-state index in [1.165, 1.54) is 16.3 Å². The van der Waals surface area contributed by atoms with Gasteiger partial charge in [0.25, 0.3) is 5.56 Å². The van der Waals surface area contributed by atoms with E-state index in [2.05, 4.69) is 5.10 Å². The average Bonchev–Trinajstić information content (AvgIpc) is 2.62. The maximum Gasteiger partial charge on any atom is 0.332 e. The number of nitrogens with zero attached hydrogens (tertiary/aromatic N) is 4. The van der Waals surface area contributed by atoms with Crippen molar-refractivity contribution in [2.24, 2.45) is 14.1 Å². The van der Waals surface area contributed by atoms with Crippen molar-refractivity contribution in [1.82, 2.24) is 18.9 Å². The molecule has 0 aromatic carbocycles. The Morgan fingerprint density at radius 1 is 1.29 bits per heavy atom. The highest BCUT2D eigenvalue weighted by Gasteiger charge is 2.16. The van der Waals surface area contributed by atoms with Gasteiger partial charge in [-0.3, -0.25) is 13.9 Å². The van der Waals surface area contributed by atoms with Crippen molar-refractivity contribution in [3.05, 3.63) is 20.8 Å². The molecule has 0 unspecified atom stereocenters. The van der Waals surface area contributed by atoms with Gasteiger partial charge < -0.3 is 5.73 Å². The third-order valence-electron chi connectivity index (χ3n) is 2.68. The first-order valence-corrected chi connectivity index (χ1v) is 5.50. The number of fused-ring (bicyclic) bond motifs is 1. The molecule has 8 heteroatoms. The number of aromatic nitrogens is 4. The van der Waals surface area contributed by atoms with Gasteiger partial charge in [-0.2, -0.15) is 5.10 Å². The van der Waals surface area contributed by atoms with Crippen molar-refractivity contribution in [3.8, 4) is 0 Å². The summed E-state index contributed by atoms with van der Waals surface area (Å²) in [5.74, 6) is 0.559. The number of anilines is 1. The SMILES string of the molecule is Cn1c(=O)c2c(N)n(CCCl)nc2n(C)c1=O. The number of nitrogens with two attached hydrogens (primary N) is 1. The van der Waals surface area contributed by atoms with Gasteiger partial charge in [0.1, 0.15) is 11.2 Å². The fraction of sp³-hybridized carbons (Fsp3) is 0.444. The number of nitrogen functional groups attached to an aromatic ring is 1. The summed E-state index contributed by atoms with van der Waals surface area (Å²) in [4.78, 5) is 23.6. The molecule has 2 rings (SSSR count). The zero-order chi connectivity index (χ0) is 12.7. The van der Waals surface area contributed by atoms with Crippen molar-refractivity contribution in [1.29, 1.82) is 0 Å². The van der Waals surface area contributed by atoms with Crippen LogP contribution in [0.25, 0.3) is 11.0 Å². The fourth-order valence-electron chi connectivity index (χ4n) is 1.72. The highest BCUT2D eigenvalue weighted by molar-refractivity contribution is 6.17. The zero-order valence-corrected chi connectivity index (χ0v) is 10.2. The number of hydrogen-bond donors (Lipinski definition) is 1. The lowest BCUT2D eigenvalue weighted by Crippen LogP contribution is -2.36. The summed E-state index contributed by atoms with van der Waals surface area (Å²) >= 11 is 5.61. The molecule has 0 saturated carbocycles. The molecule has 0 aliphatic heterocycles. The Bertz CT molecular complexity index is 696. The van der Waals surface area contributed by atoms with Crippen LogP contribution in [-0.4, -0.2) is 24.8 Å². The smallest absolute Gasteiger partial charge is 0.332 e. The molecule has 7 nitrogen and oxygen atoms in total. The molecule has 0 radical (unpaired) electrons. The largest absolute Gasteiger partial charge is 0.383 e. The Labute approximate surface area is 101 Å². The van der Waals surface area contributed by atoms with Crippen molar-refractivity contribution in [3.63, 3.8) is 0 Å². The second kappa shape index (κ2) is 3.92. The van der Waals surface area contributed by atoms with Crippen LogP contribution < -0.4 is 17.0 Å². The van der Waals surface area contributed by atoms with Crippen molar-refractivity contribution >= 4 is 28.5 Å². The van der Waals surface area contributed by atoms with Crippen LogP contribution in [0.1, 0.15) is 0 Å². The lowest BCUT2D eigenvalue weighted by Gasteiger charge is -2.01. The molecule has 0 atom stereocenters. The van der Waals surface area contributed by atoms with Gasteiger partial charge in [0.15, 0.2) is 5.65 Å². The highest BCUT2D eigenvalue weighted by atomic mass is 35.5. The third kappa shape index (κ3) is 1.54. The minimum Gasteiger partial charge on any atom is -0.383 e. The lowest BCUT2D eigenvalue weighted by atomic mass is 10.4. The van der Waals surface area contributed by atoms with E-state index in [1.54, 1.807) is 7.05 Å². The number of aryl methyl sites for hydroxylation is 2. The van der Waals surface area contributed by atoms with E-state index >= 15 is 0 Å². The van der Waals surface area contributed by atoms with Gasteiger partial charge in [-0.25, -0.2) is 9.48 Å². The second-order valence-corrected chi connectivity index (χ2v) is 4.08. The van der Waals surface area contributed by atoms with Gasteiger partial charge in [-0.15, -0.1) is 11.6 Å². The number of alkyl halides is 1. The summed E-state index contributed by atoms with van der Waals surface area (Å²) in [6.07, 6.45) is 0. The molecule has 0 fully saturated rings. The first-order chi connectivity index (χ1) is 7.99. The molecule has 0 aliphatic rings. The first-order valence-electron chi connectivity index (χ1n) is 4.97. The van der Waals surface area contributed by atoms with E-state index < -0.39 is 11.2 Å². The van der Waals surface area contributed by atoms with E-state index in [1.807, 2.05) is 0 Å². The third-order valence-corrected chi connectivity index (χ3v) is 2.85. The van der Waals surface area contributed by atoms with Crippen LogP contribution in [0.4, 0.5) is 5.82 Å². The van der Waals surface area contributed by atoms with Crippen molar-refractivity contribution < 1.29 is 0 Å². The maximum atomic E-state index is 11.9. The Morgan fingerprint density at radius 3 is 2.53 bits per heavy atom. The van der Waals surface area contributed by atoms with Gasteiger partial charge in [-0.1, -0.05) is 0 Å². The quantitative estimate of drug-likeness (QED) is 0.718. The van der Waals surface area contributed by atoms with Crippen LogP contribution >= 0.6 is 11.6 Å². The zero-order valence-electron chi connectivity index (χ0n) is 9.47. The molecule has 2 aromatic heterocycles. The molecule has 92 valence electrons. The summed E-state index contributed by atoms with van der Waals surface area (Å²) < 4.78 is 3.72. The van der Waals surface area contributed by atoms with Gasteiger partial charge in [0.05, 0.1) is 6.54 Å². The van der Waals surface area contributed by atoms with Crippen LogP contribution in [0.15, 0.2) is 9.59 Å². The summed E-state index contributed by atoms with van der Waals surface area (Å²) in [7, 11) is 2.95. The van der Waals surface area contributed by atoms with E-state index in [-0.39, 0.29) is 16.9 Å². The van der Waals surface area contributed by atoms with Crippen LogP contribution in [0.2, 0.25) is 0 Å². The summed E-state index contributed by atoms with van der Waals surface area (Å²) in [5.41, 5.74) is 5.23. The monoisotopic (exact) mass is 257 g/mol. The topological polar surface area (TPSA) is 87.8 Å². The Hall–Kier alpha value is -1.76. The first kappa shape index (κ1) is 11.7. The predicted octanol–water partition coefficient (Wildman–Crippen LogP) is -0.745. The van der Waals surface area contributed by atoms with E-state index in [4.69, 9.17) is 17.3 Å². The molecule has 0 amide bonds. The Balaban J connectivity index is 2.97. The molecule has 0 bridgehead atoms. The van der Waals surface area contributed by atoms with Gasteiger partial charge in [0, 0.05) is 20.0 Å². The fourth-order valence-corrected chi connectivity index (χ4v) is 1.88. The number of halogens is 1. The van der Waals surface area contributed by atoms with Crippen molar-refractivity contribution in [2.75, 3.05) is 11.6 Å². The molecule has 17 heavy (non-hydrogen) atoms. The van der Waals surface area contributed by atoms with Gasteiger partial charge in [0.2, 0.25) is 0 Å². The van der Waals surface area contributed by atoms with Crippen LogP contribution in [0.5, 0.6) is 0 Å². The highest BCUT2D eigenvalue weighted by Crippen LogP contribution is 2.14. The normalized spacial score (nSPS) is 11.2. The van der Waals surface area contributed by atoms with E-state index in [0.29, 0.717) is 12.4 Å². The van der Waals surface area contributed by atoms with Crippen LogP contribution in [0.3, 0.4) is 0 Å². The van der Waals surface area contributed by atoms with E-state index in [0.717, 1.165) is 4.57 Å². The summed E-state index contributed by atoms with van der Waals surface area (Å²) in [5, 5.41) is 4.37. The van der Waals surface area contributed by atoms with Gasteiger partial charge in [-0.05, 0) is 0 Å². The predicted molar refractivity (Wildman–Crippen MR) is 65.3 cm³/mol. The number of rotatable bonds is 2. The minimum atomic E-state index is -0.443. The van der Waals surface area contributed by atoms with Crippen molar-refractivity contribution in [2.45, 2.75) is 6.54 Å². The minimum absolute atomic E-state index is 0.233.